The number of rotatable bonds is 4. The number of nitrogens with one attached hydrogen (secondary N) is 1. The van der Waals surface area contributed by atoms with E-state index in [4.69, 9.17) is 0 Å². The van der Waals surface area contributed by atoms with Gasteiger partial charge in [0, 0.05) is 17.8 Å². The summed E-state index contributed by atoms with van der Waals surface area (Å²) >= 11 is 0. The predicted octanol–water partition coefficient (Wildman–Crippen LogP) is 4.72. The molecule has 2 rings (SSSR count). The lowest BCUT2D eigenvalue weighted by molar-refractivity contribution is 0.132. The van der Waals surface area contributed by atoms with Crippen molar-refractivity contribution in [3.05, 3.63) is 29.8 Å². The second kappa shape index (κ2) is 6.87. The first-order valence-corrected chi connectivity index (χ1v) is 8.26. The number of hydrogen-bond acceptors (Lipinski definition) is 2. The Hall–Kier alpha value is -0.960. The molecule has 1 atom stereocenters. The van der Waals surface area contributed by atoms with Crippen LogP contribution in [-0.4, -0.2) is 11.5 Å². The van der Waals surface area contributed by atoms with E-state index in [0.717, 1.165) is 18.0 Å². The fraction of sp³-hybridized carbons (Fsp3) is 0.722. The third kappa shape index (κ3) is 4.03. The maximum atomic E-state index is 14.1. The van der Waals surface area contributed by atoms with Gasteiger partial charge >= 0.3 is 0 Å². The van der Waals surface area contributed by atoms with Crippen LogP contribution in [0.5, 0.6) is 0 Å². The molecule has 1 N–H and O–H groups in total. The molecule has 1 fully saturated rings. The van der Waals surface area contributed by atoms with Gasteiger partial charge in [-0.1, -0.05) is 27.7 Å². The molecule has 0 spiro atoms. The zero-order valence-corrected chi connectivity index (χ0v) is 13.8. The van der Waals surface area contributed by atoms with Gasteiger partial charge in [0.1, 0.15) is 5.82 Å². The summed E-state index contributed by atoms with van der Waals surface area (Å²) in [4.78, 5) is 3.87. The third-order valence-electron chi connectivity index (χ3n) is 5.03. The minimum Gasteiger partial charge on any atom is -0.310 e. The molecule has 0 aliphatic heterocycles. The minimum atomic E-state index is -0.179. The first-order chi connectivity index (χ1) is 9.93. The van der Waals surface area contributed by atoms with Crippen molar-refractivity contribution >= 4 is 0 Å². The number of nitrogens with zero attached hydrogens (tertiary/aromatic N) is 1. The standard InChI is InChI=1S/C18H29FN2/c1-5-21-17(15-10-11-20-12-16(15)19)13-6-8-14(9-7-13)18(2,3)4/h10-14,17,21H,5-9H2,1-4H3. The Morgan fingerprint density at radius 2 is 1.95 bits per heavy atom. The molecule has 2 nitrogen and oxygen atoms in total. The van der Waals surface area contributed by atoms with Gasteiger partial charge in [-0.05, 0) is 55.5 Å². The molecule has 0 aromatic carbocycles. The van der Waals surface area contributed by atoms with E-state index in [9.17, 15) is 4.39 Å². The first kappa shape index (κ1) is 16.4. The average Bonchev–Trinajstić information content (AvgIpc) is 2.45. The number of halogens is 1. The van der Waals surface area contributed by atoms with Crippen molar-refractivity contribution < 1.29 is 4.39 Å². The van der Waals surface area contributed by atoms with Crippen molar-refractivity contribution in [1.29, 1.82) is 0 Å². The van der Waals surface area contributed by atoms with E-state index in [1.54, 1.807) is 6.20 Å². The van der Waals surface area contributed by atoms with Gasteiger partial charge in [-0.15, -0.1) is 0 Å². The van der Waals surface area contributed by atoms with Crippen LogP contribution in [0.3, 0.4) is 0 Å². The Morgan fingerprint density at radius 3 is 2.48 bits per heavy atom. The topological polar surface area (TPSA) is 24.9 Å². The van der Waals surface area contributed by atoms with Crippen molar-refractivity contribution in [3.8, 4) is 0 Å². The fourth-order valence-electron chi connectivity index (χ4n) is 3.71. The predicted molar refractivity (Wildman–Crippen MR) is 85.5 cm³/mol. The molecule has 118 valence electrons. The van der Waals surface area contributed by atoms with Gasteiger partial charge in [-0.2, -0.15) is 0 Å². The van der Waals surface area contributed by atoms with Gasteiger partial charge < -0.3 is 5.32 Å². The number of aromatic nitrogens is 1. The lowest BCUT2D eigenvalue weighted by Crippen LogP contribution is -2.34. The maximum Gasteiger partial charge on any atom is 0.146 e. The Kier molecular flexibility index (Phi) is 5.37. The van der Waals surface area contributed by atoms with Crippen LogP contribution in [0.1, 0.15) is 65.0 Å². The van der Waals surface area contributed by atoms with Gasteiger partial charge in [0.15, 0.2) is 0 Å². The summed E-state index contributed by atoms with van der Waals surface area (Å²) < 4.78 is 14.1. The number of hydrogen-bond donors (Lipinski definition) is 1. The highest BCUT2D eigenvalue weighted by Gasteiger charge is 2.33. The molecule has 0 saturated heterocycles. The van der Waals surface area contributed by atoms with Crippen molar-refractivity contribution in [2.45, 2.75) is 59.4 Å². The van der Waals surface area contributed by atoms with Crippen LogP contribution < -0.4 is 5.32 Å². The monoisotopic (exact) mass is 292 g/mol. The van der Waals surface area contributed by atoms with E-state index in [1.165, 1.54) is 31.9 Å². The lowest BCUT2D eigenvalue weighted by Gasteiger charge is -2.39. The summed E-state index contributed by atoms with van der Waals surface area (Å²) in [5.74, 6) is 1.14. The van der Waals surface area contributed by atoms with E-state index in [0.29, 0.717) is 11.3 Å². The molecule has 0 bridgehead atoms. The van der Waals surface area contributed by atoms with Crippen molar-refractivity contribution in [2.75, 3.05) is 6.54 Å². The summed E-state index contributed by atoms with van der Waals surface area (Å²) in [5.41, 5.74) is 1.17. The van der Waals surface area contributed by atoms with Gasteiger partial charge in [0.05, 0.1) is 6.20 Å². The van der Waals surface area contributed by atoms with E-state index < -0.39 is 0 Å². The Bertz CT molecular complexity index is 445. The summed E-state index contributed by atoms with van der Waals surface area (Å²) in [6, 6.07) is 1.96. The summed E-state index contributed by atoms with van der Waals surface area (Å²) in [7, 11) is 0. The molecule has 0 radical (unpaired) electrons. The van der Waals surface area contributed by atoms with Gasteiger partial charge in [-0.3, -0.25) is 4.98 Å². The highest BCUT2D eigenvalue weighted by atomic mass is 19.1. The molecular formula is C18H29FN2. The van der Waals surface area contributed by atoms with Gasteiger partial charge in [0.2, 0.25) is 0 Å². The zero-order valence-electron chi connectivity index (χ0n) is 13.8. The molecule has 1 heterocycles. The van der Waals surface area contributed by atoms with Crippen LogP contribution in [0.25, 0.3) is 0 Å². The summed E-state index contributed by atoms with van der Waals surface area (Å²) in [6.07, 6.45) is 7.90. The lowest BCUT2D eigenvalue weighted by atomic mass is 9.68. The zero-order chi connectivity index (χ0) is 15.5. The van der Waals surface area contributed by atoms with Crippen LogP contribution in [-0.2, 0) is 0 Å². The molecule has 1 aliphatic carbocycles. The highest BCUT2D eigenvalue weighted by Crippen LogP contribution is 2.43. The van der Waals surface area contributed by atoms with E-state index in [1.807, 2.05) is 6.07 Å². The largest absolute Gasteiger partial charge is 0.310 e. The second-order valence-corrected chi connectivity index (χ2v) is 7.41. The normalized spacial score (nSPS) is 24.8. The summed E-state index contributed by atoms with van der Waals surface area (Å²) in [6.45, 7) is 9.96. The highest BCUT2D eigenvalue weighted by molar-refractivity contribution is 5.18. The number of pyridine rings is 1. The van der Waals surface area contributed by atoms with Crippen LogP contribution in [0.4, 0.5) is 4.39 Å². The average molecular weight is 292 g/mol. The quantitative estimate of drug-likeness (QED) is 0.868. The van der Waals surface area contributed by atoms with E-state index in [-0.39, 0.29) is 11.9 Å². The molecule has 1 aromatic rings. The molecule has 0 amide bonds. The van der Waals surface area contributed by atoms with Crippen LogP contribution in [0, 0.1) is 23.1 Å². The van der Waals surface area contributed by atoms with Crippen molar-refractivity contribution in [3.63, 3.8) is 0 Å². The van der Waals surface area contributed by atoms with Crippen molar-refractivity contribution in [2.24, 2.45) is 17.3 Å². The second-order valence-electron chi connectivity index (χ2n) is 7.41. The van der Waals surface area contributed by atoms with Gasteiger partial charge in [0.25, 0.3) is 0 Å². The Balaban J connectivity index is 2.09. The van der Waals surface area contributed by atoms with Crippen LogP contribution in [0.2, 0.25) is 0 Å². The first-order valence-electron chi connectivity index (χ1n) is 8.26. The Morgan fingerprint density at radius 1 is 1.29 bits per heavy atom. The third-order valence-corrected chi connectivity index (χ3v) is 5.03. The molecular weight excluding hydrogens is 263 g/mol. The van der Waals surface area contributed by atoms with Crippen LogP contribution in [0.15, 0.2) is 18.5 Å². The van der Waals surface area contributed by atoms with Gasteiger partial charge in [-0.25, -0.2) is 4.39 Å². The molecule has 1 aliphatic rings. The molecule has 3 heteroatoms. The minimum absolute atomic E-state index is 0.124. The SMILES string of the molecule is CCNC(c1ccncc1F)C1CCC(C(C)(C)C)CC1. The molecule has 21 heavy (non-hydrogen) atoms. The summed E-state index contributed by atoms with van der Waals surface area (Å²) in [5, 5.41) is 3.50. The molecule has 1 saturated carbocycles. The van der Waals surface area contributed by atoms with E-state index in [2.05, 4.69) is 38.0 Å². The smallest absolute Gasteiger partial charge is 0.146 e. The molecule has 1 unspecified atom stereocenters. The van der Waals surface area contributed by atoms with Crippen LogP contribution >= 0.6 is 0 Å². The maximum absolute atomic E-state index is 14.1. The fourth-order valence-corrected chi connectivity index (χ4v) is 3.71. The molecule has 1 aromatic heterocycles. The Labute approximate surface area is 128 Å². The van der Waals surface area contributed by atoms with Crippen molar-refractivity contribution in [1.82, 2.24) is 10.3 Å². The van der Waals surface area contributed by atoms with E-state index >= 15 is 0 Å².